The molecule has 1 aromatic carbocycles. The number of hydrogen-bond acceptors (Lipinski definition) is 3. The fourth-order valence-corrected chi connectivity index (χ4v) is 2.96. The molecular weight excluding hydrogens is 246 g/mol. The third-order valence-electron chi connectivity index (χ3n) is 4.19. The topological polar surface area (TPSA) is 18.5 Å². The minimum absolute atomic E-state index is 0.716. The molecule has 1 aliphatic rings. The van der Waals surface area contributed by atoms with Crippen molar-refractivity contribution < 1.29 is 0 Å². The van der Waals surface area contributed by atoms with Crippen LogP contribution in [-0.2, 0) is 13.1 Å². The second kappa shape index (κ2) is 7.77. The Hall–Kier alpha value is -0.900. The van der Waals surface area contributed by atoms with Crippen LogP contribution >= 0.6 is 0 Å². The zero-order valence-electron chi connectivity index (χ0n) is 13.2. The van der Waals surface area contributed by atoms with Gasteiger partial charge in [0.25, 0.3) is 0 Å². The van der Waals surface area contributed by atoms with E-state index in [0.717, 1.165) is 19.6 Å². The lowest BCUT2D eigenvalue weighted by Gasteiger charge is -2.36. The van der Waals surface area contributed by atoms with Gasteiger partial charge in [-0.05, 0) is 51.2 Å². The van der Waals surface area contributed by atoms with Gasteiger partial charge in [0.15, 0.2) is 0 Å². The van der Waals surface area contributed by atoms with Crippen LogP contribution in [0.25, 0.3) is 0 Å². The Bertz CT molecular complexity index is 403. The molecule has 1 heterocycles. The van der Waals surface area contributed by atoms with Crippen LogP contribution in [0.15, 0.2) is 24.3 Å². The molecule has 1 aromatic rings. The van der Waals surface area contributed by atoms with E-state index >= 15 is 0 Å². The fraction of sp³-hybridized carbons (Fsp3) is 0.647. The van der Waals surface area contributed by atoms with Crippen molar-refractivity contribution in [2.75, 3.05) is 33.7 Å². The Morgan fingerprint density at radius 2 is 2.10 bits per heavy atom. The van der Waals surface area contributed by atoms with Gasteiger partial charge in [-0.25, -0.2) is 0 Å². The third-order valence-corrected chi connectivity index (χ3v) is 4.19. The van der Waals surface area contributed by atoms with Gasteiger partial charge in [-0.3, -0.25) is 4.90 Å². The molecule has 112 valence electrons. The van der Waals surface area contributed by atoms with E-state index in [0.29, 0.717) is 6.04 Å². The Morgan fingerprint density at radius 3 is 2.85 bits per heavy atom. The van der Waals surface area contributed by atoms with Crippen molar-refractivity contribution in [3.63, 3.8) is 0 Å². The molecule has 1 N–H and O–H groups in total. The van der Waals surface area contributed by atoms with Gasteiger partial charge in [-0.2, -0.15) is 0 Å². The van der Waals surface area contributed by atoms with Crippen LogP contribution in [0.4, 0.5) is 0 Å². The van der Waals surface area contributed by atoms with Crippen LogP contribution in [0.1, 0.15) is 30.9 Å². The minimum atomic E-state index is 0.716. The van der Waals surface area contributed by atoms with E-state index in [4.69, 9.17) is 0 Å². The van der Waals surface area contributed by atoms with Crippen molar-refractivity contribution in [3.05, 3.63) is 35.4 Å². The van der Waals surface area contributed by atoms with Gasteiger partial charge in [-0.1, -0.05) is 31.2 Å². The average Bonchev–Trinajstić information content (AvgIpc) is 2.46. The normalized spacial score (nSPS) is 20.5. The van der Waals surface area contributed by atoms with E-state index < -0.39 is 0 Å². The summed E-state index contributed by atoms with van der Waals surface area (Å²) in [5.41, 5.74) is 2.84. The molecule has 0 aromatic heterocycles. The SMILES string of the molecule is CCNCc1cccc(CN2CCCC(N(C)C)C2)c1. The smallest absolute Gasteiger partial charge is 0.0234 e. The number of likely N-dealkylation sites (tertiary alicyclic amines) is 1. The van der Waals surface area contributed by atoms with Crippen LogP contribution in [0.5, 0.6) is 0 Å². The van der Waals surface area contributed by atoms with E-state index in [9.17, 15) is 0 Å². The lowest BCUT2D eigenvalue weighted by atomic mass is 10.0. The van der Waals surface area contributed by atoms with Gasteiger partial charge >= 0.3 is 0 Å². The van der Waals surface area contributed by atoms with Gasteiger partial charge in [0.2, 0.25) is 0 Å². The highest BCUT2D eigenvalue weighted by molar-refractivity contribution is 5.23. The Balaban J connectivity index is 1.92. The zero-order valence-corrected chi connectivity index (χ0v) is 13.2. The third kappa shape index (κ3) is 4.58. The first-order valence-electron chi connectivity index (χ1n) is 7.86. The van der Waals surface area contributed by atoms with Crippen LogP contribution in [0, 0.1) is 0 Å². The zero-order chi connectivity index (χ0) is 14.4. The summed E-state index contributed by atoms with van der Waals surface area (Å²) >= 11 is 0. The number of rotatable bonds is 6. The quantitative estimate of drug-likeness (QED) is 0.859. The molecule has 1 unspecified atom stereocenters. The highest BCUT2D eigenvalue weighted by Gasteiger charge is 2.21. The molecule has 0 aliphatic carbocycles. The lowest BCUT2D eigenvalue weighted by Crippen LogP contribution is -2.44. The van der Waals surface area contributed by atoms with Crippen molar-refractivity contribution in [2.45, 2.75) is 38.9 Å². The molecule has 3 nitrogen and oxygen atoms in total. The maximum Gasteiger partial charge on any atom is 0.0234 e. The number of benzene rings is 1. The first kappa shape index (κ1) is 15.5. The fourth-order valence-electron chi connectivity index (χ4n) is 2.96. The summed E-state index contributed by atoms with van der Waals surface area (Å²) in [7, 11) is 4.40. The van der Waals surface area contributed by atoms with Crippen LogP contribution < -0.4 is 5.32 Å². The van der Waals surface area contributed by atoms with E-state index in [-0.39, 0.29) is 0 Å². The molecule has 20 heavy (non-hydrogen) atoms. The van der Waals surface area contributed by atoms with Gasteiger partial charge < -0.3 is 10.2 Å². The van der Waals surface area contributed by atoms with Gasteiger partial charge in [0.1, 0.15) is 0 Å². The predicted molar refractivity (Wildman–Crippen MR) is 85.8 cm³/mol. The van der Waals surface area contributed by atoms with Gasteiger partial charge in [0.05, 0.1) is 0 Å². The molecule has 0 saturated carbocycles. The summed E-state index contributed by atoms with van der Waals surface area (Å²) in [5.74, 6) is 0. The van der Waals surface area contributed by atoms with Gasteiger partial charge in [-0.15, -0.1) is 0 Å². The Kier molecular flexibility index (Phi) is 6.02. The maximum atomic E-state index is 3.40. The summed E-state index contributed by atoms with van der Waals surface area (Å²) < 4.78 is 0. The number of nitrogens with one attached hydrogen (secondary N) is 1. The monoisotopic (exact) mass is 275 g/mol. The second-order valence-corrected chi connectivity index (χ2v) is 6.10. The Labute approximate surface area is 124 Å². The van der Waals surface area contributed by atoms with Crippen LogP contribution in [-0.4, -0.2) is 49.6 Å². The molecule has 0 spiro atoms. The number of piperidine rings is 1. The second-order valence-electron chi connectivity index (χ2n) is 6.10. The highest BCUT2D eigenvalue weighted by Crippen LogP contribution is 2.17. The number of nitrogens with zero attached hydrogens (tertiary/aromatic N) is 2. The number of likely N-dealkylation sites (N-methyl/N-ethyl adjacent to an activating group) is 1. The molecule has 1 atom stereocenters. The summed E-state index contributed by atoms with van der Waals surface area (Å²) in [6.07, 6.45) is 2.66. The van der Waals surface area contributed by atoms with Crippen LogP contribution in [0.3, 0.4) is 0 Å². The molecule has 1 fully saturated rings. The minimum Gasteiger partial charge on any atom is -0.313 e. The van der Waals surface area contributed by atoms with E-state index in [1.165, 1.54) is 37.1 Å². The molecule has 1 saturated heterocycles. The summed E-state index contributed by atoms with van der Waals surface area (Å²) in [5, 5.41) is 3.40. The van der Waals surface area contributed by atoms with Crippen LogP contribution in [0.2, 0.25) is 0 Å². The van der Waals surface area contributed by atoms with Gasteiger partial charge in [0, 0.05) is 25.7 Å². The molecular formula is C17H29N3. The van der Waals surface area contributed by atoms with Crippen molar-refractivity contribution in [3.8, 4) is 0 Å². The van der Waals surface area contributed by atoms with E-state index in [2.05, 4.69) is 60.4 Å². The standard InChI is InChI=1S/C17H29N3/c1-4-18-12-15-7-5-8-16(11-15)13-20-10-6-9-17(14-20)19(2)3/h5,7-8,11,17-18H,4,6,9-10,12-14H2,1-3H3. The van der Waals surface area contributed by atoms with E-state index in [1.54, 1.807) is 0 Å². The molecule has 2 rings (SSSR count). The highest BCUT2D eigenvalue weighted by atomic mass is 15.2. The Morgan fingerprint density at radius 1 is 1.30 bits per heavy atom. The first-order valence-corrected chi connectivity index (χ1v) is 7.86. The van der Waals surface area contributed by atoms with Crippen molar-refractivity contribution in [1.29, 1.82) is 0 Å². The summed E-state index contributed by atoms with van der Waals surface area (Å²) in [6, 6.07) is 9.73. The van der Waals surface area contributed by atoms with Crippen molar-refractivity contribution in [1.82, 2.24) is 15.1 Å². The first-order chi connectivity index (χ1) is 9.69. The van der Waals surface area contributed by atoms with Crippen molar-refractivity contribution >= 4 is 0 Å². The largest absolute Gasteiger partial charge is 0.313 e. The molecule has 0 radical (unpaired) electrons. The lowest BCUT2D eigenvalue weighted by molar-refractivity contribution is 0.128. The number of hydrogen-bond donors (Lipinski definition) is 1. The molecule has 0 bridgehead atoms. The van der Waals surface area contributed by atoms with Crippen molar-refractivity contribution in [2.24, 2.45) is 0 Å². The predicted octanol–water partition coefficient (Wildman–Crippen LogP) is 2.32. The summed E-state index contributed by atoms with van der Waals surface area (Å²) in [6.45, 7) is 7.68. The molecule has 0 amide bonds. The summed E-state index contributed by atoms with van der Waals surface area (Å²) in [4.78, 5) is 4.97. The maximum absolute atomic E-state index is 3.40. The molecule has 1 aliphatic heterocycles. The van der Waals surface area contributed by atoms with E-state index in [1.807, 2.05) is 0 Å². The molecule has 3 heteroatoms. The average molecular weight is 275 g/mol.